The highest BCUT2D eigenvalue weighted by Crippen LogP contribution is 2.33. The van der Waals surface area contributed by atoms with Crippen LogP contribution in [0.15, 0.2) is 48.8 Å². The van der Waals surface area contributed by atoms with Gasteiger partial charge in [0.05, 0.1) is 17.1 Å². The molecule has 2 aromatic carbocycles. The zero-order valence-electron chi connectivity index (χ0n) is 16.2. The minimum absolute atomic E-state index is 0.000956. The van der Waals surface area contributed by atoms with Gasteiger partial charge < -0.3 is 15.4 Å². The van der Waals surface area contributed by atoms with Crippen molar-refractivity contribution in [3.63, 3.8) is 0 Å². The van der Waals surface area contributed by atoms with Crippen LogP contribution in [0.3, 0.4) is 0 Å². The summed E-state index contributed by atoms with van der Waals surface area (Å²) in [5.41, 5.74) is 1.82. The van der Waals surface area contributed by atoms with Crippen LogP contribution in [0.5, 0.6) is 0 Å². The predicted molar refractivity (Wildman–Crippen MR) is 114 cm³/mol. The summed E-state index contributed by atoms with van der Waals surface area (Å²) in [6.45, 7) is 3.80. The number of ether oxygens (including phenoxy) is 1. The minimum Gasteiger partial charge on any atom is -0.462 e. The normalized spacial score (nSPS) is 10.4. The largest absolute Gasteiger partial charge is 0.462 e. The molecular formula is C20H18ClN5O4. The van der Waals surface area contributed by atoms with Crippen LogP contribution in [-0.4, -0.2) is 27.5 Å². The highest BCUT2D eigenvalue weighted by Gasteiger charge is 2.23. The van der Waals surface area contributed by atoms with Crippen molar-refractivity contribution in [3.05, 3.63) is 75.1 Å². The lowest BCUT2D eigenvalue weighted by molar-refractivity contribution is -0.383. The van der Waals surface area contributed by atoms with E-state index in [4.69, 9.17) is 16.3 Å². The first-order chi connectivity index (χ1) is 14.4. The molecule has 0 unspecified atom stereocenters. The average Bonchev–Trinajstić information content (AvgIpc) is 2.71. The second-order valence-electron chi connectivity index (χ2n) is 6.19. The van der Waals surface area contributed by atoms with E-state index in [-0.39, 0.29) is 23.9 Å². The molecule has 0 aliphatic heterocycles. The Kier molecular flexibility index (Phi) is 6.43. The molecule has 30 heavy (non-hydrogen) atoms. The van der Waals surface area contributed by atoms with Crippen molar-refractivity contribution in [2.75, 3.05) is 17.2 Å². The Morgan fingerprint density at radius 1 is 1.13 bits per heavy atom. The van der Waals surface area contributed by atoms with Crippen LogP contribution < -0.4 is 10.6 Å². The number of esters is 1. The van der Waals surface area contributed by atoms with Crippen molar-refractivity contribution in [2.45, 2.75) is 13.8 Å². The summed E-state index contributed by atoms with van der Waals surface area (Å²) >= 11 is 6.13. The molecule has 1 heterocycles. The van der Waals surface area contributed by atoms with E-state index in [1.165, 1.54) is 12.4 Å². The smallest absolute Gasteiger partial charge is 0.353 e. The van der Waals surface area contributed by atoms with Crippen LogP contribution in [0.25, 0.3) is 0 Å². The number of carbonyl (C=O) groups is 1. The number of halogens is 1. The summed E-state index contributed by atoms with van der Waals surface area (Å²) in [4.78, 5) is 31.1. The number of nitrogens with zero attached hydrogens (tertiary/aromatic N) is 3. The van der Waals surface area contributed by atoms with Gasteiger partial charge in [0.15, 0.2) is 0 Å². The van der Waals surface area contributed by atoms with E-state index in [2.05, 4.69) is 20.6 Å². The van der Waals surface area contributed by atoms with Crippen LogP contribution in [0.1, 0.15) is 22.8 Å². The molecule has 0 radical (unpaired) electrons. The average molecular weight is 428 g/mol. The summed E-state index contributed by atoms with van der Waals surface area (Å²) in [6, 6.07) is 11.6. The quantitative estimate of drug-likeness (QED) is 0.306. The zero-order chi connectivity index (χ0) is 21.7. The molecule has 2 N–H and O–H groups in total. The maximum absolute atomic E-state index is 11.9. The predicted octanol–water partition coefficient (Wildman–Crippen LogP) is 5.01. The number of hydrogen-bond acceptors (Lipinski definition) is 8. The first-order valence-electron chi connectivity index (χ1n) is 8.95. The molecule has 0 atom stereocenters. The summed E-state index contributed by atoms with van der Waals surface area (Å²) < 4.78 is 4.98. The Labute approximate surface area is 177 Å². The van der Waals surface area contributed by atoms with Crippen molar-refractivity contribution in [1.29, 1.82) is 0 Å². The van der Waals surface area contributed by atoms with E-state index in [1.54, 1.807) is 43.3 Å². The monoisotopic (exact) mass is 427 g/mol. The number of aromatic nitrogens is 2. The number of carbonyl (C=O) groups excluding carboxylic acids is 1. The summed E-state index contributed by atoms with van der Waals surface area (Å²) in [5, 5.41) is 18.0. The van der Waals surface area contributed by atoms with Gasteiger partial charge in [-0.25, -0.2) is 14.8 Å². The van der Waals surface area contributed by atoms with Crippen molar-refractivity contribution in [3.8, 4) is 0 Å². The molecule has 154 valence electrons. The number of hydrogen-bond donors (Lipinski definition) is 2. The summed E-state index contributed by atoms with van der Waals surface area (Å²) in [5.74, 6) is -0.521. The van der Waals surface area contributed by atoms with Gasteiger partial charge in [0, 0.05) is 16.4 Å². The van der Waals surface area contributed by atoms with Crippen molar-refractivity contribution < 1.29 is 14.5 Å². The first-order valence-corrected chi connectivity index (χ1v) is 9.33. The number of nitrogens with one attached hydrogen (secondary N) is 2. The topological polar surface area (TPSA) is 119 Å². The number of rotatable bonds is 7. The fraction of sp³-hybridized carbons (Fsp3) is 0.150. The molecule has 0 saturated heterocycles. The van der Waals surface area contributed by atoms with Crippen molar-refractivity contribution in [1.82, 2.24) is 9.97 Å². The van der Waals surface area contributed by atoms with E-state index >= 15 is 0 Å². The molecule has 0 aliphatic rings. The molecule has 0 bridgehead atoms. The van der Waals surface area contributed by atoms with Gasteiger partial charge in [-0.1, -0.05) is 23.7 Å². The molecule has 9 nitrogen and oxygen atoms in total. The van der Waals surface area contributed by atoms with E-state index in [9.17, 15) is 14.9 Å². The maximum atomic E-state index is 11.9. The second-order valence-corrected chi connectivity index (χ2v) is 6.60. The molecule has 1 aromatic heterocycles. The number of nitro groups is 1. The van der Waals surface area contributed by atoms with Gasteiger partial charge in [0.1, 0.15) is 6.33 Å². The van der Waals surface area contributed by atoms with Gasteiger partial charge in [0.2, 0.25) is 11.6 Å². The maximum Gasteiger partial charge on any atom is 0.353 e. The Balaban J connectivity index is 1.93. The number of anilines is 4. The Morgan fingerprint density at radius 2 is 1.80 bits per heavy atom. The molecule has 10 heteroatoms. The second kappa shape index (κ2) is 9.19. The third-order valence-corrected chi connectivity index (χ3v) is 4.48. The Morgan fingerprint density at radius 3 is 2.40 bits per heavy atom. The lowest BCUT2D eigenvalue weighted by Gasteiger charge is -2.11. The molecule has 0 fully saturated rings. The lowest BCUT2D eigenvalue weighted by atomic mass is 10.2. The van der Waals surface area contributed by atoms with Gasteiger partial charge in [-0.15, -0.1) is 0 Å². The fourth-order valence-electron chi connectivity index (χ4n) is 2.62. The van der Waals surface area contributed by atoms with Gasteiger partial charge in [-0.05, 0) is 49.7 Å². The molecule has 3 aromatic rings. The highest BCUT2D eigenvalue weighted by atomic mass is 35.5. The van der Waals surface area contributed by atoms with Crippen LogP contribution in [0.2, 0.25) is 5.02 Å². The molecule has 0 amide bonds. The third kappa shape index (κ3) is 4.81. The third-order valence-electron chi connectivity index (χ3n) is 4.08. The molecule has 3 rings (SSSR count). The van der Waals surface area contributed by atoms with E-state index in [1.807, 2.05) is 6.92 Å². The molecular weight excluding hydrogens is 410 g/mol. The van der Waals surface area contributed by atoms with Crippen LogP contribution >= 0.6 is 11.6 Å². The van der Waals surface area contributed by atoms with E-state index in [0.29, 0.717) is 22.0 Å². The zero-order valence-corrected chi connectivity index (χ0v) is 16.9. The number of aryl methyl sites for hydroxylation is 1. The van der Waals surface area contributed by atoms with Gasteiger partial charge in [0.25, 0.3) is 0 Å². The van der Waals surface area contributed by atoms with Crippen molar-refractivity contribution >= 4 is 46.3 Å². The molecule has 0 spiro atoms. The summed E-state index contributed by atoms with van der Waals surface area (Å²) in [6.07, 6.45) is 1.20. The van der Waals surface area contributed by atoms with Gasteiger partial charge in [-0.3, -0.25) is 10.1 Å². The minimum atomic E-state index is -0.588. The standard InChI is InChI=1S/C20H18ClN5O4/c1-3-30-20(27)13-5-4-6-14(9-13)24-18-17(26(28)29)19(23-11-22-18)25-15-8-7-12(2)16(21)10-15/h4-11H,3H2,1-2H3,(H2,22,23,24,25). The van der Waals surface area contributed by atoms with Gasteiger partial charge in [-0.2, -0.15) is 0 Å². The summed E-state index contributed by atoms with van der Waals surface area (Å²) in [7, 11) is 0. The SMILES string of the molecule is CCOC(=O)c1cccc(Nc2ncnc(Nc3ccc(C)c(Cl)c3)c2[N+](=O)[O-])c1. The first kappa shape index (κ1) is 21.0. The van der Waals surface area contributed by atoms with Crippen LogP contribution in [-0.2, 0) is 4.74 Å². The lowest BCUT2D eigenvalue weighted by Crippen LogP contribution is -2.07. The molecule has 0 aliphatic carbocycles. The van der Waals surface area contributed by atoms with E-state index in [0.717, 1.165) is 5.56 Å². The molecule has 0 saturated carbocycles. The fourth-order valence-corrected chi connectivity index (χ4v) is 2.80. The number of benzene rings is 2. The van der Waals surface area contributed by atoms with E-state index < -0.39 is 10.9 Å². The van der Waals surface area contributed by atoms with Crippen molar-refractivity contribution in [2.24, 2.45) is 0 Å². The highest BCUT2D eigenvalue weighted by molar-refractivity contribution is 6.31. The van der Waals surface area contributed by atoms with Gasteiger partial charge >= 0.3 is 11.7 Å². The van der Waals surface area contributed by atoms with Crippen LogP contribution in [0, 0.1) is 17.0 Å². The van der Waals surface area contributed by atoms with Crippen LogP contribution in [0.4, 0.5) is 28.7 Å². The Bertz CT molecular complexity index is 1110. The Hall–Kier alpha value is -3.72.